The van der Waals surface area contributed by atoms with Crippen molar-refractivity contribution in [3.05, 3.63) is 28.8 Å². The SMILES string of the molecule is Cc1cccc(Cl)c1N1C(=O)N[C@@H]([C@@H](C)O)C1=O. The maximum atomic E-state index is 12.1. The Morgan fingerprint density at radius 3 is 2.61 bits per heavy atom. The first-order valence-corrected chi connectivity index (χ1v) is 5.89. The summed E-state index contributed by atoms with van der Waals surface area (Å²) in [4.78, 5) is 24.9. The number of aryl methyl sites for hydroxylation is 1. The number of benzene rings is 1. The van der Waals surface area contributed by atoms with Gasteiger partial charge in [-0.2, -0.15) is 0 Å². The van der Waals surface area contributed by atoms with Crippen LogP contribution in [-0.4, -0.2) is 29.2 Å². The number of rotatable bonds is 2. The van der Waals surface area contributed by atoms with Gasteiger partial charge in [0.2, 0.25) is 0 Å². The topological polar surface area (TPSA) is 69.6 Å². The van der Waals surface area contributed by atoms with Crippen LogP contribution in [0.2, 0.25) is 5.02 Å². The van der Waals surface area contributed by atoms with Crippen LogP contribution in [-0.2, 0) is 4.79 Å². The molecule has 2 N–H and O–H groups in total. The van der Waals surface area contributed by atoms with Gasteiger partial charge < -0.3 is 10.4 Å². The van der Waals surface area contributed by atoms with E-state index in [0.29, 0.717) is 10.7 Å². The summed E-state index contributed by atoms with van der Waals surface area (Å²) in [7, 11) is 0. The van der Waals surface area contributed by atoms with E-state index in [1.807, 2.05) is 0 Å². The number of nitrogens with one attached hydrogen (secondary N) is 1. The van der Waals surface area contributed by atoms with E-state index >= 15 is 0 Å². The van der Waals surface area contributed by atoms with Crippen LogP contribution in [0.4, 0.5) is 10.5 Å². The molecule has 0 bridgehead atoms. The van der Waals surface area contributed by atoms with Gasteiger partial charge in [-0.1, -0.05) is 23.7 Å². The predicted octanol–water partition coefficient (Wildman–Crippen LogP) is 1.45. The highest BCUT2D eigenvalue weighted by atomic mass is 35.5. The fourth-order valence-electron chi connectivity index (χ4n) is 1.94. The molecular weight excluding hydrogens is 256 g/mol. The fraction of sp³-hybridized carbons (Fsp3) is 0.333. The number of urea groups is 1. The Labute approximate surface area is 109 Å². The van der Waals surface area contributed by atoms with Gasteiger partial charge in [0.05, 0.1) is 16.8 Å². The molecule has 1 saturated heterocycles. The first-order valence-electron chi connectivity index (χ1n) is 5.51. The molecule has 5 nitrogen and oxygen atoms in total. The first-order chi connectivity index (χ1) is 8.43. The molecule has 2 rings (SSSR count). The molecule has 1 aromatic carbocycles. The second-order valence-electron chi connectivity index (χ2n) is 4.25. The number of para-hydroxylation sites is 1. The largest absolute Gasteiger partial charge is 0.391 e. The Hall–Kier alpha value is -1.59. The summed E-state index contributed by atoms with van der Waals surface area (Å²) in [5.74, 6) is -0.494. The lowest BCUT2D eigenvalue weighted by molar-refractivity contribution is -0.120. The molecule has 2 atom stereocenters. The number of amides is 3. The molecule has 6 heteroatoms. The minimum Gasteiger partial charge on any atom is -0.391 e. The van der Waals surface area contributed by atoms with E-state index in [2.05, 4.69) is 5.32 Å². The van der Waals surface area contributed by atoms with Crippen molar-refractivity contribution in [2.45, 2.75) is 26.0 Å². The molecule has 1 aromatic rings. The van der Waals surface area contributed by atoms with Crippen molar-refractivity contribution in [3.63, 3.8) is 0 Å². The summed E-state index contributed by atoms with van der Waals surface area (Å²) < 4.78 is 0. The number of imide groups is 1. The minimum absolute atomic E-state index is 0.324. The average Bonchev–Trinajstić information content (AvgIpc) is 2.56. The van der Waals surface area contributed by atoms with Gasteiger partial charge in [-0.3, -0.25) is 4.79 Å². The monoisotopic (exact) mass is 268 g/mol. The molecule has 3 amide bonds. The van der Waals surface area contributed by atoms with E-state index in [1.165, 1.54) is 6.92 Å². The molecule has 0 unspecified atom stereocenters. The number of aliphatic hydroxyl groups is 1. The number of anilines is 1. The average molecular weight is 269 g/mol. The van der Waals surface area contributed by atoms with Gasteiger partial charge in [0.25, 0.3) is 5.91 Å². The smallest absolute Gasteiger partial charge is 0.329 e. The number of hydrogen-bond acceptors (Lipinski definition) is 3. The molecule has 0 aliphatic carbocycles. The van der Waals surface area contributed by atoms with E-state index in [0.717, 1.165) is 10.5 Å². The minimum atomic E-state index is -0.950. The Kier molecular flexibility index (Phi) is 3.28. The quantitative estimate of drug-likeness (QED) is 0.798. The summed E-state index contributed by atoms with van der Waals surface area (Å²) >= 11 is 6.03. The third kappa shape index (κ3) is 1.95. The van der Waals surface area contributed by atoms with Crippen molar-refractivity contribution < 1.29 is 14.7 Å². The van der Waals surface area contributed by atoms with E-state index in [9.17, 15) is 14.7 Å². The maximum absolute atomic E-state index is 12.1. The Balaban J connectivity index is 2.46. The molecule has 1 aliphatic heterocycles. The lowest BCUT2D eigenvalue weighted by atomic mass is 10.1. The Morgan fingerprint density at radius 1 is 1.44 bits per heavy atom. The van der Waals surface area contributed by atoms with Crippen molar-refractivity contribution in [3.8, 4) is 0 Å². The van der Waals surface area contributed by atoms with Crippen molar-refractivity contribution in [2.24, 2.45) is 0 Å². The zero-order valence-corrected chi connectivity index (χ0v) is 10.7. The van der Waals surface area contributed by atoms with E-state index in [1.54, 1.807) is 25.1 Å². The normalized spacial score (nSPS) is 21.1. The number of nitrogens with zero attached hydrogens (tertiary/aromatic N) is 1. The Bertz CT molecular complexity index is 496. The number of halogens is 1. The summed E-state index contributed by atoms with van der Waals surface area (Å²) in [6.45, 7) is 3.21. The number of hydrogen-bond donors (Lipinski definition) is 2. The van der Waals surface area contributed by atoms with E-state index < -0.39 is 24.1 Å². The van der Waals surface area contributed by atoms with E-state index in [4.69, 9.17) is 11.6 Å². The zero-order chi connectivity index (χ0) is 13.4. The second kappa shape index (κ2) is 4.59. The van der Waals surface area contributed by atoms with Crippen LogP contribution in [0.1, 0.15) is 12.5 Å². The van der Waals surface area contributed by atoms with Gasteiger partial charge in [-0.25, -0.2) is 9.69 Å². The molecule has 0 saturated carbocycles. The molecule has 1 aliphatic rings. The van der Waals surface area contributed by atoms with Crippen LogP contribution in [0, 0.1) is 6.92 Å². The van der Waals surface area contributed by atoms with Gasteiger partial charge in [0.1, 0.15) is 6.04 Å². The third-order valence-electron chi connectivity index (χ3n) is 2.86. The van der Waals surface area contributed by atoms with Crippen LogP contribution in [0.25, 0.3) is 0 Å². The highest BCUT2D eigenvalue weighted by Gasteiger charge is 2.42. The maximum Gasteiger partial charge on any atom is 0.329 e. The lowest BCUT2D eigenvalue weighted by Crippen LogP contribution is -2.39. The number of carbonyl (C=O) groups excluding carboxylic acids is 2. The first kappa shape index (κ1) is 12.9. The summed E-state index contributed by atoms with van der Waals surface area (Å²) in [5.41, 5.74) is 1.09. The third-order valence-corrected chi connectivity index (χ3v) is 3.17. The van der Waals surface area contributed by atoms with Gasteiger partial charge in [0.15, 0.2) is 0 Å². The summed E-state index contributed by atoms with van der Waals surface area (Å²) in [6, 6.07) is 3.62. The van der Waals surface area contributed by atoms with Crippen LogP contribution in [0.15, 0.2) is 18.2 Å². The predicted molar refractivity (Wildman–Crippen MR) is 67.7 cm³/mol. The standard InChI is InChI=1S/C12H13ClN2O3/c1-6-4-3-5-8(13)10(6)15-11(17)9(7(2)16)14-12(15)18/h3-5,7,9,16H,1-2H3,(H,14,18)/t7-,9+/m1/s1. The van der Waals surface area contributed by atoms with Gasteiger partial charge in [-0.15, -0.1) is 0 Å². The zero-order valence-electron chi connectivity index (χ0n) is 9.98. The van der Waals surface area contributed by atoms with Crippen LogP contribution >= 0.6 is 11.6 Å². The van der Waals surface area contributed by atoms with Crippen molar-refractivity contribution in [1.29, 1.82) is 0 Å². The molecule has 0 spiro atoms. The highest BCUT2D eigenvalue weighted by Crippen LogP contribution is 2.31. The molecule has 1 fully saturated rings. The molecule has 0 aromatic heterocycles. The lowest BCUT2D eigenvalue weighted by Gasteiger charge is -2.17. The second-order valence-corrected chi connectivity index (χ2v) is 4.65. The number of aliphatic hydroxyl groups excluding tert-OH is 1. The molecule has 96 valence electrons. The molecule has 18 heavy (non-hydrogen) atoms. The molecule has 0 radical (unpaired) electrons. The van der Waals surface area contributed by atoms with Gasteiger partial charge in [0, 0.05) is 0 Å². The highest BCUT2D eigenvalue weighted by molar-refractivity contribution is 6.36. The summed E-state index contributed by atoms with van der Waals surface area (Å²) in [6.07, 6.45) is -0.950. The molecular formula is C12H13ClN2O3. The van der Waals surface area contributed by atoms with Crippen molar-refractivity contribution in [2.75, 3.05) is 4.90 Å². The number of carbonyl (C=O) groups is 2. The molecule has 1 heterocycles. The fourth-order valence-corrected chi connectivity index (χ4v) is 2.25. The summed E-state index contributed by atoms with van der Waals surface area (Å²) in [5, 5.41) is 12.2. The van der Waals surface area contributed by atoms with Crippen LogP contribution < -0.4 is 10.2 Å². The van der Waals surface area contributed by atoms with Crippen molar-refractivity contribution in [1.82, 2.24) is 5.32 Å². The van der Waals surface area contributed by atoms with E-state index in [-0.39, 0.29) is 0 Å². The Morgan fingerprint density at radius 2 is 2.11 bits per heavy atom. The van der Waals surface area contributed by atoms with Gasteiger partial charge in [-0.05, 0) is 25.5 Å². The van der Waals surface area contributed by atoms with Crippen LogP contribution in [0.3, 0.4) is 0 Å². The van der Waals surface area contributed by atoms with Crippen molar-refractivity contribution >= 4 is 29.2 Å². The van der Waals surface area contributed by atoms with Gasteiger partial charge >= 0.3 is 6.03 Å². The van der Waals surface area contributed by atoms with Crippen LogP contribution in [0.5, 0.6) is 0 Å².